The summed E-state index contributed by atoms with van der Waals surface area (Å²) < 4.78 is 0. The summed E-state index contributed by atoms with van der Waals surface area (Å²) in [6.45, 7) is 0. The molecule has 1 nitrogen and oxygen atoms in total. The average molecular weight is 253 g/mol. The topological polar surface area (TPSA) is 26.0 Å². The van der Waals surface area contributed by atoms with Gasteiger partial charge in [0.2, 0.25) is 0 Å². The fourth-order valence-corrected chi connectivity index (χ4v) is 2.17. The fraction of sp³-hybridized carbons (Fsp3) is 0.400. The van der Waals surface area contributed by atoms with Gasteiger partial charge in [-0.2, -0.15) is 0 Å². The summed E-state index contributed by atoms with van der Waals surface area (Å²) in [5.74, 6) is 0.581. The zero-order valence-electron chi connectivity index (χ0n) is 7.54. The van der Waals surface area contributed by atoms with Crippen LogP contribution < -0.4 is 5.73 Å². The Morgan fingerprint density at radius 2 is 1.71 bits per heavy atom. The Kier molecular flexibility index (Phi) is 4.08. The molecule has 2 N–H and O–H groups in total. The van der Waals surface area contributed by atoms with Crippen molar-refractivity contribution >= 4 is 35.6 Å². The third-order valence-corrected chi connectivity index (χ3v) is 3.12. The van der Waals surface area contributed by atoms with E-state index >= 15 is 0 Å². The number of hydrogen-bond acceptors (Lipinski definition) is 1. The van der Waals surface area contributed by atoms with E-state index in [1.54, 1.807) is 0 Å². The first-order valence-corrected chi connectivity index (χ1v) is 5.15. The van der Waals surface area contributed by atoms with E-state index in [1.165, 1.54) is 12.8 Å². The standard InChI is InChI=1S/C10H11Cl2N.ClH/c11-7-2-1-3-8(12)9(7)10(13)6-4-5-6;/h1-3,6,10H,4-5,13H2;1H/t10-;/m0./s1. The molecule has 0 saturated heterocycles. The first-order chi connectivity index (χ1) is 6.20. The number of hydrogen-bond donors (Lipinski definition) is 1. The van der Waals surface area contributed by atoms with Gasteiger partial charge in [-0.25, -0.2) is 0 Å². The van der Waals surface area contributed by atoms with Crippen LogP contribution in [0.25, 0.3) is 0 Å². The van der Waals surface area contributed by atoms with E-state index in [1.807, 2.05) is 18.2 Å². The minimum atomic E-state index is 0. The summed E-state index contributed by atoms with van der Waals surface area (Å²) in [5.41, 5.74) is 6.94. The number of halogens is 3. The Bertz CT molecular complexity index is 303. The maximum Gasteiger partial charge on any atom is 0.0468 e. The smallest absolute Gasteiger partial charge is 0.0468 e. The molecule has 0 aromatic heterocycles. The Balaban J connectivity index is 0.000000980. The van der Waals surface area contributed by atoms with Gasteiger partial charge in [-0.15, -0.1) is 12.4 Å². The lowest BCUT2D eigenvalue weighted by Gasteiger charge is -2.14. The highest BCUT2D eigenvalue weighted by Crippen LogP contribution is 2.43. The Hall–Kier alpha value is 0.0500. The van der Waals surface area contributed by atoms with Crippen LogP contribution in [0.3, 0.4) is 0 Å². The molecule has 0 amide bonds. The van der Waals surface area contributed by atoms with E-state index in [-0.39, 0.29) is 18.4 Å². The van der Waals surface area contributed by atoms with Crippen molar-refractivity contribution in [2.75, 3.05) is 0 Å². The van der Waals surface area contributed by atoms with E-state index in [9.17, 15) is 0 Å². The van der Waals surface area contributed by atoms with Gasteiger partial charge in [-0.05, 0) is 30.9 Å². The molecular weight excluding hydrogens is 240 g/mol. The lowest BCUT2D eigenvalue weighted by atomic mass is 10.0. The van der Waals surface area contributed by atoms with Crippen LogP contribution in [-0.4, -0.2) is 0 Å². The van der Waals surface area contributed by atoms with Crippen molar-refractivity contribution in [1.29, 1.82) is 0 Å². The maximum atomic E-state index is 6.03. The molecule has 4 heteroatoms. The number of rotatable bonds is 2. The largest absolute Gasteiger partial charge is 0.324 e. The number of nitrogens with two attached hydrogens (primary N) is 1. The van der Waals surface area contributed by atoms with Gasteiger partial charge < -0.3 is 5.73 Å². The van der Waals surface area contributed by atoms with Gasteiger partial charge in [0.05, 0.1) is 0 Å². The summed E-state index contributed by atoms with van der Waals surface area (Å²) in [6.07, 6.45) is 2.39. The second-order valence-electron chi connectivity index (χ2n) is 3.50. The molecule has 1 aromatic rings. The molecule has 1 saturated carbocycles. The molecule has 1 aromatic carbocycles. The first-order valence-electron chi connectivity index (χ1n) is 4.39. The summed E-state index contributed by atoms with van der Waals surface area (Å²) in [4.78, 5) is 0. The second-order valence-corrected chi connectivity index (χ2v) is 4.31. The van der Waals surface area contributed by atoms with E-state index < -0.39 is 0 Å². The molecule has 0 radical (unpaired) electrons. The zero-order valence-corrected chi connectivity index (χ0v) is 9.87. The van der Waals surface area contributed by atoms with Crippen molar-refractivity contribution in [3.8, 4) is 0 Å². The van der Waals surface area contributed by atoms with Crippen LogP contribution in [0.2, 0.25) is 10.0 Å². The van der Waals surface area contributed by atoms with Gasteiger partial charge >= 0.3 is 0 Å². The maximum absolute atomic E-state index is 6.03. The van der Waals surface area contributed by atoms with Gasteiger partial charge in [0.25, 0.3) is 0 Å². The molecular formula is C10H12Cl3N. The van der Waals surface area contributed by atoms with E-state index in [0.717, 1.165) is 5.56 Å². The van der Waals surface area contributed by atoms with Crippen LogP contribution in [-0.2, 0) is 0 Å². The first kappa shape index (κ1) is 12.1. The third-order valence-electron chi connectivity index (χ3n) is 2.46. The Morgan fingerprint density at radius 3 is 2.14 bits per heavy atom. The van der Waals surface area contributed by atoms with Gasteiger partial charge in [0.1, 0.15) is 0 Å². The van der Waals surface area contributed by atoms with Crippen molar-refractivity contribution in [3.63, 3.8) is 0 Å². The minimum absolute atomic E-state index is 0. The highest BCUT2D eigenvalue weighted by molar-refractivity contribution is 6.36. The number of benzene rings is 1. The fourth-order valence-electron chi connectivity index (χ4n) is 1.52. The molecule has 0 bridgehead atoms. The predicted octanol–water partition coefficient (Wildman–Crippen LogP) is 3.83. The lowest BCUT2D eigenvalue weighted by molar-refractivity contribution is 0.634. The van der Waals surface area contributed by atoms with Crippen molar-refractivity contribution in [2.24, 2.45) is 11.7 Å². The zero-order chi connectivity index (χ0) is 9.42. The van der Waals surface area contributed by atoms with Crippen LogP contribution in [0, 0.1) is 5.92 Å². The van der Waals surface area contributed by atoms with Gasteiger partial charge in [0.15, 0.2) is 0 Å². The third kappa shape index (κ3) is 2.34. The molecule has 0 heterocycles. The van der Waals surface area contributed by atoms with Crippen molar-refractivity contribution in [1.82, 2.24) is 0 Å². The second kappa shape index (κ2) is 4.71. The van der Waals surface area contributed by atoms with Gasteiger partial charge in [-0.3, -0.25) is 0 Å². The average Bonchev–Trinajstić information content (AvgIpc) is 2.85. The summed E-state index contributed by atoms with van der Waals surface area (Å²) >= 11 is 12.1. The van der Waals surface area contributed by atoms with Crippen LogP contribution in [0.5, 0.6) is 0 Å². The molecule has 1 aliphatic carbocycles. The molecule has 0 aliphatic heterocycles. The molecule has 78 valence electrons. The molecule has 0 spiro atoms. The van der Waals surface area contributed by atoms with Crippen molar-refractivity contribution < 1.29 is 0 Å². The van der Waals surface area contributed by atoms with Crippen molar-refractivity contribution in [3.05, 3.63) is 33.8 Å². The summed E-state index contributed by atoms with van der Waals surface area (Å²) in [5, 5.41) is 1.37. The summed E-state index contributed by atoms with van der Waals surface area (Å²) in [7, 11) is 0. The molecule has 14 heavy (non-hydrogen) atoms. The molecule has 1 aliphatic rings. The molecule has 1 atom stereocenters. The van der Waals surface area contributed by atoms with Crippen LogP contribution >= 0.6 is 35.6 Å². The molecule has 1 fully saturated rings. The van der Waals surface area contributed by atoms with Gasteiger partial charge in [-0.1, -0.05) is 29.3 Å². The monoisotopic (exact) mass is 251 g/mol. The van der Waals surface area contributed by atoms with E-state index in [2.05, 4.69) is 0 Å². The summed E-state index contributed by atoms with van der Waals surface area (Å²) in [6, 6.07) is 5.53. The van der Waals surface area contributed by atoms with E-state index in [0.29, 0.717) is 16.0 Å². The van der Waals surface area contributed by atoms with Crippen LogP contribution in [0.1, 0.15) is 24.4 Å². The highest BCUT2D eigenvalue weighted by atomic mass is 35.5. The Labute approximate surface area is 100.0 Å². The highest BCUT2D eigenvalue weighted by Gasteiger charge is 2.31. The van der Waals surface area contributed by atoms with Gasteiger partial charge in [0, 0.05) is 21.7 Å². The molecule has 2 rings (SSSR count). The minimum Gasteiger partial charge on any atom is -0.324 e. The SMILES string of the molecule is Cl.N[C@H](c1c(Cl)cccc1Cl)C1CC1. The molecule has 0 unspecified atom stereocenters. The normalized spacial score (nSPS) is 17.4. The van der Waals surface area contributed by atoms with Crippen LogP contribution in [0.15, 0.2) is 18.2 Å². The quantitative estimate of drug-likeness (QED) is 0.851. The lowest BCUT2D eigenvalue weighted by Crippen LogP contribution is -2.13. The van der Waals surface area contributed by atoms with E-state index in [4.69, 9.17) is 28.9 Å². The van der Waals surface area contributed by atoms with Crippen LogP contribution in [0.4, 0.5) is 0 Å². The predicted molar refractivity (Wildman–Crippen MR) is 63.4 cm³/mol. The van der Waals surface area contributed by atoms with Crippen molar-refractivity contribution in [2.45, 2.75) is 18.9 Å². The Morgan fingerprint density at radius 1 is 1.21 bits per heavy atom.